The fraction of sp³-hybridized carbons (Fsp3) is 0.533. The molecule has 0 aliphatic carbocycles. The van der Waals surface area contributed by atoms with Crippen molar-refractivity contribution in [1.82, 2.24) is 0 Å². The largest absolute Gasteiger partial charge is 0.306 e. The lowest BCUT2D eigenvalue weighted by atomic mass is 9.79. The predicted molar refractivity (Wildman–Crippen MR) is 76.5 cm³/mol. The quantitative estimate of drug-likeness (QED) is 0.706. The van der Waals surface area contributed by atoms with Gasteiger partial charge in [-0.1, -0.05) is 24.6 Å². The minimum atomic E-state index is -0.173. The van der Waals surface area contributed by atoms with Crippen LogP contribution in [0.15, 0.2) is 18.2 Å². The molecule has 98 valence electrons. The molecule has 0 unspecified atom stereocenters. The molecule has 0 bridgehead atoms. The van der Waals surface area contributed by atoms with Crippen LogP contribution >= 0.6 is 11.6 Å². The van der Waals surface area contributed by atoms with Crippen LogP contribution in [0.4, 0.5) is 5.69 Å². The zero-order valence-electron chi connectivity index (χ0n) is 11.5. The standard InChI is InChI=1S/C15H20ClNO/c1-10-5-6-13-12(7-10)11(2)8-15(3,4)17(13)14(18)9-16/h5-7,11H,8-9H2,1-4H3/t11-/m1/s1. The molecule has 0 radical (unpaired) electrons. The molecule has 0 saturated carbocycles. The number of hydrogen-bond donors (Lipinski definition) is 0. The first kappa shape index (κ1) is 13.4. The highest BCUT2D eigenvalue weighted by Gasteiger charge is 2.39. The van der Waals surface area contributed by atoms with E-state index in [2.05, 4.69) is 39.8 Å². The van der Waals surface area contributed by atoms with E-state index in [1.165, 1.54) is 11.1 Å². The molecule has 2 nitrogen and oxygen atoms in total. The fourth-order valence-corrected chi connectivity index (χ4v) is 3.20. The molecule has 3 heteroatoms. The number of alkyl halides is 1. The molecular formula is C15H20ClNO. The number of amides is 1. The molecule has 18 heavy (non-hydrogen) atoms. The number of hydrogen-bond acceptors (Lipinski definition) is 1. The highest BCUT2D eigenvalue weighted by molar-refractivity contribution is 6.29. The Hall–Kier alpha value is -1.02. The first-order valence-corrected chi connectivity index (χ1v) is 6.90. The number of carbonyl (C=O) groups is 1. The molecule has 1 aromatic carbocycles. The van der Waals surface area contributed by atoms with Crippen LogP contribution in [-0.4, -0.2) is 17.3 Å². The summed E-state index contributed by atoms with van der Waals surface area (Å²) in [4.78, 5) is 14.0. The normalized spacial score (nSPS) is 21.6. The highest BCUT2D eigenvalue weighted by Crippen LogP contribution is 2.43. The van der Waals surface area contributed by atoms with Gasteiger partial charge in [-0.25, -0.2) is 0 Å². The molecule has 0 N–H and O–H groups in total. The van der Waals surface area contributed by atoms with Crippen molar-refractivity contribution in [3.63, 3.8) is 0 Å². The third kappa shape index (κ3) is 2.14. The summed E-state index contributed by atoms with van der Waals surface area (Å²) in [7, 11) is 0. The molecule has 1 atom stereocenters. The van der Waals surface area contributed by atoms with Crippen molar-refractivity contribution in [3.05, 3.63) is 29.3 Å². The maximum atomic E-state index is 12.1. The lowest BCUT2D eigenvalue weighted by Crippen LogP contribution is -2.52. The molecule has 0 saturated heterocycles. The monoisotopic (exact) mass is 265 g/mol. The van der Waals surface area contributed by atoms with Crippen LogP contribution < -0.4 is 4.90 Å². The van der Waals surface area contributed by atoms with Gasteiger partial charge in [-0.05, 0) is 44.7 Å². The Morgan fingerprint density at radius 2 is 2.17 bits per heavy atom. The zero-order chi connectivity index (χ0) is 13.5. The Bertz CT molecular complexity index is 481. The molecule has 2 rings (SSSR count). The van der Waals surface area contributed by atoms with Gasteiger partial charge in [0.1, 0.15) is 5.88 Å². The summed E-state index contributed by atoms with van der Waals surface area (Å²) in [5.41, 5.74) is 3.34. The van der Waals surface area contributed by atoms with Gasteiger partial charge < -0.3 is 4.90 Å². The number of anilines is 1. The Kier molecular flexibility index (Phi) is 3.41. The zero-order valence-corrected chi connectivity index (χ0v) is 12.2. The van der Waals surface area contributed by atoms with Crippen molar-refractivity contribution in [2.75, 3.05) is 10.8 Å². The lowest BCUT2D eigenvalue weighted by molar-refractivity contribution is -0.117. The van der Waals surface area contributed by atoms with Crippen molar-refractivity contribution in [2.45, 2.75) is 45.6 Å². The van der Waals surface area contributed by atoms with E-state index in [4.69, 9.17) is 11.6 Å². The summed E-state index contributed by atoms with van der Waals surface area (Å²) >= 11 is 5.76. The van der Waals surface area contributed by atoms with Crippen molar-refractivity contribution in [1.29, 1.82) is 0 Å². The van der Waals surface area contributed by atoms with Gasteiger partial charge in [0, 0.05) is 11.2 Å². The van der Waals surface area contributed by atoms with Crippen LogP contribution in [0.3, 0.4) is 0 Å². The summed E-state index contributed by atoms with van der Waals surface area (Å²) in [6.07, 6.45) is 0.964. The SMILES string of the molecule is Cc1ccc2c(c1)[C@H](C)CC(C)(C)N2C(=O)CCl. The van der Waals surface area contributed by atoms with Crippen LogP contribution in [0.1, 0.15) is 44.2 Å². The van der Waals surface area contributed by atoms with Crippen molar-refractivity contribution in [2.24, 2.45) is 0 Å². The van der Waals surface area contributed by atoms with Gasteiger partial charge in [0.15, 0.2) is 0 Å². The van der Waals surface area contributed by atoms with E-state index in [-0.39, 0.29) is 17.3 Å². The first-order valence-electron chi connectivity index (χ1n) is 6.36. The van der Waals surface area contributed by atoms with E-state index < -0.39 is 0 Å². The first-order chi connectivity index (χ1) is 8.36. The summed E-state index contributed by atoms with van der Waals surface area (Å²) in [6, 6.07) is 6.29. The summed E-state index contributed by atoms with van der Waals surface area (Å²) in [6.45, 7) is 8.52. The smallest absolute Gasteiger partial charge is 0.242 e. The number of aryl methyl sites for hydroxylation is 1. The molecule has 1 aromatic rings. The van der Waals surface area contributed by atoms with Gasteiger partial charge in [-0.3, -0.25) is 4.79 Å². The molecule has 1 aliphatic heterocycles. The van der Waals surface area contributed by atoms with Crippen LogP contribution in [0.5, 0.6) is 0 Å². The third-order valence-corrected chi connectivity index (χ3v) is 3.96. The van der Waals surface area contributed by atoms with E-state index >= 15 is 0 Å². The molecule has 1 amide bonds. The highest BCUT2D eigenvalue weighted by atomic mass is 35.5. The number of fused-ring (bicyclic) bond motifs is 1. The molecule has 0 spiro atoms. The molecule has 0 fully saturated rings. The third-order valence-electron chi connectivity index (χ3n) is 3.73. The maximum absolute atomic E-state index is 12.1. The minimum absolute atomic E-state index is 0.0151. The summed E-state index contributed by atoms with van der Waals surface area (Å²) in [5.74, 6) is 0.485. The Labute approximate surface area is 114 Å². The number of benzene rings is 1. The van der Waals surface area contributed by atoms with Gasteiger partial charge in [-0.2, -0.15) is 0 Å². The minimum Gasteiger partial charge on any atom is -0.306 e. The van der Waals surface area contributed by atoms with Crippen LogP contribution in [0, 0.1) is 6.92 Å². The summed E-state index contributed by atoms with van der Waals surface area (Å²) in [5, 5.41) is 0. The Morgan fingerprint density at radius 1 is 1.50 bits per heavy atom. The van der Waals surface area contributed by atoms with E-state index in [0.717, 1.165) is 12.1 Å². The Morgan fingerprint density at radius 3 is 2.78 bits per heavy atom. The van der Waals surface area contributed by atoms with Crippen LogP contribution in [-0.2, 0) is 4.79 Å². The van der Waals surface area contributed by atoms with Crippen molar-refractivity contribution in [3.8, 4) is 0 Å². The lowest BCUT2D eigenvalue weighted by Gasteiger charge is -2.46. The molecule has 1 aliphatic rings. The maximum Gasteiger partial charge on any atom is 0.242 e. The number of carbonyl (C=O) groups excluding carboxylic acids is 1. The van der Waals surface area contributed by atoms with E-state index in [0.29, 0.717) is 5.92 Å². The van der Waals surface area contributed by atoms with Crippen molar-refractivity contribution < 1.29 is 4.79 Å². The van der Waals surface area contributed by atoms with E-state index in [1.807, 2.05) is 11.0 Å². The fourth-order valence-electron chi connectivity index (χ4n) is 3.08. The van der Waals surface area contributed by atoms with Crippen LogP contribution in [0.25, 0.3) is 0 Å². The molecule has 1 heterocycles. The van der Waals surface area contributed by atoms with Gasteiger partial charge >= 0.3 is 0 Å². The second-order valence-corrected chi connectivity index (χ2v) is 6.11. The van der Waals surface area contributed by atoms with Gasteiger partial charge in [-0.15, -0.1) is 11.6 Å². The van der Waals surface area contributed by atoms with Crippen LogP contribution in [0.2, 0.25) is 0 Å². The predicted octanol–water partition coefficient (Wildman–Crippen LogP) is 3.85. The topological polar surface area (TPSA) is 20.3 Å². The second kappa shape index (κ2) is 4.58. The number of rotatable bonds is 1. The second-order valence-electron chi connectivity index (χ2n) is 5.84. The van der Waals surface area contributed by atoms with Gasteiger partial charge in [0.2, 0.25) is 5.91 Å². The number of halogens is 1. The average Bonchev–Trinajstić information content (AvgIpc) is 2.28. The molecular weight excluding hydrogens is 246 g/mol. The van der Waals surface area contributed by atoms with E-state index in [1.54, 1.807) is 0 Å². The van der Waals surface area contributed by atoms with Gasteiger partial charge in [0.05, 0.1) is 0 Å². The van der Waals surface area contributed by atoms with Gasteiger partial charge in [0.25, 0.3) is 0 Å². The number of nitrogens with zero attached hydrogens (tertiary/aromatic N) is 1. The van der Waals surface area contributed by atoms with E-state index in [9.17, 15) is 4.79 Å². The Balaban J connectivity index is 2.58. The van der Waals surface area contributed by atoms with Crippen molar-refractivity contribution >= 4 is 23.2 Å². The summed E-state index contributed by atoms with van der Waals surface area (Å²) < 4.78 is 0. The average molecular weight is 266 g/mol. The molecule has 0 aromatic heterocycles.